The number of carbonyl (C=O) groups excluding carboxylic acids is 2. The minimum atomic E-state index is -0.196. The van der Waals surface area contributed by atoms with E-state index in [-0.39, 0.29) is 11.8 Å². The summed E-state index contributed by atoms with van der Waals surface area (Å²) >= 11 is 5.78. The van der Waals surface area contributed by atoms with Gasteiger partial charge < -0.3 is 14.6 Å². The lowest BCUT2D eigenvalue weighted by atomic mass is 10.2. The third-order valence-corrected chi connectivity index (χ3v) is 3.40. The van der Waals surface area contributed by atoms with Crippen LogP contribution in [0.1, 0.15) is 23.0 Å². The maximum atomic E-state index is 11.9. The molecule has 0 aliphatic rings. The van der Waals surface area contributed by atoms with Gasteiger partial charge in [-0.05, 0) is 36.4 Å². The minimum Gasteiger partial charge on any atom is -0.467 e. The van der Waals surface area contributed by atoms with Crippen LogP contribution in [0.3, 0.4) is 0 Å². The first kappa shape index (κ1) is 16.1. The number of amides is 2. The maximum absolute atomic E-state index is 11.9. The first-order valence-electron chi connectivity index (χ1n) is 6.88. The van der Waals surface area contributed by atoms with Crippen LogP contribution in [0.4, 0.5) is 0 Å². The number of nitrogens with one attached hydrogen (secondary N) is 1. The molecule has 1 heterocycles. The topological polar surface area (TPSA) is 62.6 Å². The number of furan rings is 1. The molecule has 1 aromatic heterocycles. The van der Waals surface area contributed by atoms with Crippen molar-refractivity contribution in [3.8, 4) is 0 Å². The van der Waals surface area contributed by atoms with Gasteiger partial charge in [0.25, 0.3) is 5.91 Å². The van der Waals surface area contributed by atoms with E-state index in [0.29, 0.717) is 36.0 Å². The van der Waals surface area contributed by atoms with Crippen LogP contribution in [0.2, 0.25) is 5.02 Å². The lowest BCUT2D eigenvalue weighted by Gasteiger charge is -2.20. The predicted molar refractivity (Wildman–Crippen MR) is 83.6 cm³/mol. The molecule has 0 saturated carbocycles. The number of halogens is 1. The van der Waals surface area contributed by atoms with Gasteiger partial charge in [-0.15, -0.1) is 0 Å². The molecule has 0 spiro atoms. The van der Waals surface area contributed by atoms with Crippen molar-refractivity contribution in [2.24, 2.45) is 0 Å². The normalized spacial score (nSPS) is 10.3. The molecule has 5 nitrogen and oxygen atoms in total. The zero-order valence-electron chi connectivity index (χ0n) is 12.2. The van der Waals surface area contributed by atoms with E-state index < -0.39 is 0 Å². The number of hydrogen-bond donors (Lipinski definition) is 1. The Morgan fingerprint density at radius 1 is 1.23 bits per heavy atom. The van der Waals surface area contributed by atoms with E-state index in [1.54, 1.807) is 41.5 Å². The highest BCUT2D eigenvalue weighted by molar-refractivity contribution is 6.30. The van der Waals surface area contributed by atoms with Gasteiger partial charge in [-0.3, -0.25) is 9.59 Å². The van der Waals surface area contributed by atoms with Gasteiger partial charge in [0.2, 0.25) is 5.91 Å². The number of hydrogen-bond acceptors (Lipinski definition) is 3. The van der Waals surface area contributed by atoms with Crippen molar-refractivity contribution in [3.63, 3.8) is 0 Å². The van der Waals surface area contributed by atoms with E-state index in [9.17, 15) is 9.59 Å². The first-order chi connectivity index (χ1) is 10.6. The molecule has 22 heavy (non-hydrogen) atoms. The highest BCUT2D eigenvalue weighted by atomic mass is 35.5. The number of rotatable bonds is 6. The van der Waals surface area contributed by atoms with Gasteiger partial charge in [0.15, 0.2) is 0 Å². The van der Waals surface area contributed by atoms with E-state index in [1.165, 1.54) is 6.92 Å². The predicted octanol–water partition coefficient (Wildman–Crippen LogP) is 2.71. The average Bonchev–Trinajstić information content (AvgIpc) is 2.99. The Hall–Kier alpha value is -2.27. The molecule has 0 aliphatic carbocycles. The Morgan fingerprint density at radius 2 is 1.95 bits per heavy atom. The van der Waals surface area contributed by atoms with E-state index in [4.69, 9.17) is 16.0 Å². The monoisotopic (exact) mass is 320 g/mol. The summed E-state index contributed by atoms with van der Waals surface area (Å²) in [6, 6.07) is 10.2. The van der Waals surface area contributed by atoms with Crippen molar-refractivity contribution >= 4 is 23.4 Å². The van der Waals surface area contributed by atoms with E-state index in [0.717, 1.165) is 0 Å². The third kappa shape index (κ3) is 4.63. The lowest BCUT2D eigenvalue weighted by Crippen LogP contribution is -2.37. The second-order valence-electron chi connectivity index (χ2n) is 4.78. The molecular formula is C16H17ClN2O3. The van der Waals surface area contributed by atoms with Crippen LogP contribution in [0.5, 0.6) is 0 Å². The fourth-order valence-electron chi connectivity index (χ4n) is 1.95. The summed E-state index contributed by atoms with van der Waals surface area (Å²) in [7, 11) is 0. The molecule has 0 fully saturated rings. The molecule has 1 N–H and O–H groups in total. The van der Waals surface area contributed by atoms with Crippen LogP contribution in [0.15, 0.2) is 47.1 Å². The van der Waals surface area contributed by atoms with Crippen molar-refractivity contribution < 1.29 is 14.0 Å². The van der Waals surface area contributed by atoms with Crippen LogP contribution in [-0.2, 0) is 11.3 Å². The standard InChI is InChI=1S/C16H17ClN2O3/c1-12(20)19(11-15-3-2-10-22-15)9-8-18-16(21)13-4-6-14(17)7-5-13/h2-7,10H,8-9,11H2,1H3,(H,18,21). The van der Waals surface area contributed by atoms with Gasteiger partial charge in [0, 0.05) is 30.6 Å². The van der Waals surface area contributed by atoms with Crippen LogP contribution in [0, 0.1) is 0 Å². The van der Waals surface area contributed by atoms with E-state index in [2.05, 4.69) is 5.32 Å². The quantitative estimate of drug-likeness (QED) is 0.890. The third-order valence-electron chi connectivity index (χ3n) is 3.15. The zero-order chi connectivity index (χ0) is 15.9. The lowest BCUT2D eigenvalue weighted by molar-refractivity contribution is -0.129. The summed E-state index contributed by atoms with van der Waals surface area (Å²) < 4.78 is 5.23. The second-order valence-corrected chi connectivity index (χ2v) is 5.22. The van der Waals surface area contributed by atoms with Crippen molar-refractivity contribution in [3.05, 3.63) is 59.0 Å². The minimum absolute atomic E-state index is 0.0721. The number of carbonyl (C=O) groups is 2. The van der Waals surface area contributed by atoms with Gasteiger partial charge in [-0.1, -0.05) is 11.6 Å². The van der Waals surface area contributed by atoms with Crippen molar-refractivity contribution in [2.45, 2.75) is 13.5 Å². The van der Waals surface area contributed by atoms with Crippen LogP contribution in [-0.4, -0.2) is 29.8 Å². The molecule has 2 rings (SSSR count). The fourth-order valence-corrected chi connectivity index (χ4v) is 2.07. The SMILES string of the molecule is CC(=O)N(CCNC(=O)c1ccc(Cl)cc1)Cc1ccco1. The Labute approximate surface area is 133 Å². The Balaban J connectivity index is 1.83. The highest BCUT2D eigenvalue weighted by Crippen LogP contribution is 2.09. The van der Waals surface area contributed by atoms with E-state index >= 15 is 0 Å². The van der Waals surface area contributed by atoms with Gasteiger partial charge in [0.1, 0.15) is 5.76 Å². The van der Waals surface area contributed by atoms with Gasteiger partial charge in [0.05, 0.1) is 12.8 Å². The van der Waals surface area contributed by atoms with Crippen molar-refractivity contribution in [1.29, 1.82) is 0 Å². The summed E-state index contributed by atoms with van der Waals surface area (Å²) in [4.78, 5) is 25.2. The molecule has 2 aromatic rings. The summed E-state index contributed by atoms with van der Waals surface area (Å²) in [5.74, 6) is 0.439. The average molecular weight is 321 g/mol. The Bertz CT molecular complexity index is 623. The molecule has 0 aliphatic heterocycles. The maximum Gasteiger partial charge on any atom is 0.251 e. The summed E-state index contributed by atoms with van der Waals surface area (Å²) in [6.45, 7) is 2.65. The van der Waals surface area contributed by atoms with Gasteiger partial charge in [-0.2, -0.15) is 0 Å². The van der Waals surface area contributed by atoms with Crippen molar-refractivity contribution in [1.82, 2.24) is 10.2 Å². The Kier molecular flexibility index (Phi) is 5.61. The molecule has 0 unspecified atom stereocenters. The molecule has 2 amide bonds. The summed E-state index contributed by atoms with van der Waals surface area (Å²) in [6.07, 6.45) is 1.57. The smallest absolute Gasteiger partial charge is 0.251 e. The summed E-state index contributed by atoms with van der Waals surface area (Å²) in [5, 5.41) is 3.36. The van der Waals surface area contributed by atoms with Crippen LogP contribution < -0.4 is 5.32 Å². The molecular weight excluding hydrogens is 304 g/mol. The summed E-state index contributed by atoms with van der Waals surface area (Å²) in [5.41, 5.74) is 0.532. The van der Waals surface area contributed by atoms with Crippen LogP contribution in [0.25, 0.3) is 0 Å². The van der Waals surface area contributed by atoms with Crippen LogP contribution >= 0.6 is 11.6 Å². The zero-order valence-corrected chi connectivity index (χ0v) is 13.0. The number of nitrogens with zero attached hydrogens (tertiary/aromatic N) is 1. The second kappa shape index (κ2) is 7.66. The molecule has 6 heteroatoms. The molecule has 0 atom stereocenters. The van der Waals surface area contributed by atoms with Gasteiger partial charge >= 0.3 is 0 Å². The first-order valence-corrected chi connectivity index (χ1v) is 7.25. The molecule has 0 radical (unpaired) electrons. The molecule has 0 saturated heterocycles. The fraction of sp³-hybridized carbons (Fsp3) is 0.250. The highest BCUT2D eigenvalue weighted by Gasteiger charge is 2.12. The largest absolute Gasteiger partial charge is 0.467 e. The Morgan fingerprint density at radius 3 is 2.55 bits per heavy atom. The molecule has 0 bridgehead atoms. The van der Waals surface area contributed by atoms with E-state index in [1.807, 2.05) is 6.07 Å². The number of benzene rings is 1. The van der Waals surface area contributed by atoms with Gasteiger partial charge in [-0.25, -0.2) is 0 Å². The van der Waals surface area contributed by atoms with Crippen molar-refractivity contribution in [2.75, 3.05) is 13.1 Å². The molecule has 116 valence electrons. The molecule has 1 aromatic carbocycles.